The summed E-state index contributed by atoms with van der Waals surface area (Å²) >= 11 is 0. The van der Waals surface area contributed by atoms with Gasteiger partial charge in [0.1, 0.15) is 5.75 Å². The molecule has 2 aliphatic heterocycles. The van der Waals surface area contributed by atoms with Gasteiger partial charge in [-0.1, -0.05) is 26.8 Å². The smallest absolute Gasteiger partial charge is 0.253 e. The number of anilines is 1. The highest BCUT2D eigenvalue weighted by atomic mass is 16.5. The SMILES string of the molecule is CN=C(Nc1ccc(C(=O)N2CCc3ccc(OC)cc3CC2)cc1)NN1CCN(C2CC3CC(C2C)C3(C)C)CC1. The number of fused-ring (bicyclic) bond motifs is 3. The van der Waals surface area contributed by atoms with Crippen molar-refractivity contribution in [1.82, 2.24) is 20.2 Å². The van der Waals surface area contributed by atoms with E-state index in [1.54, 1.807) is 14.2 Å². The second-order valence-corrected chi connectivity index (χ2v) is 13.4. The second kappa shape index (κ2) is 11.9. The van der Waals surface area contributed by atoms with Gasteiger partial charge in [-0.2, -0.15) is 0 Å². The van der Waals surface area contributed by atoms with Crippen LogP contribution in [0.15, 0.2) is 47.5 Å². The van der Waals surface area contributed by atoms with E-state index < -0.39 is 0 Å². The van der Waals surface area contributed by atoms with Crippen LogP contribution in [0.25, 0.3) is 0 Å². The lowest BCUT2D eigenvalue weighted by Gasteiger charge is -2.64. The van der Waals surface area contributed by atoms with E-state index in [4.69, 9.17) is 4.74 Å². The zero-order valence-corrected chi connectivity index (χ0v) is 26.0. The van der Waals surface area contributed by atoms with Crippen LogP contribution in [0.1, 0.15) is 55.1 Å². The summed E-state index contributed by atoms with van der Waals surface area (Å²) in [6, 6.07) is 14.7. The number of hydrogen-bond donors (Lipinski definition) is 2. The number of nitrogens with one attached hydrogen (secondary N) is 2. The maximum Gasteiger partial charge on any atom is 0.253 e. The van der Waals surface area contributed by atoms with Crippen LogP contribution in [0.4, 0.5) is 5.69 Å². The Morgan fingerprint density at radius 2 is 1.67 bits per heavy atom. The van der Waals surface area contributed by atoms with Crippen molar-refractivity contribution in [1.29, 1.82) is 0 Å². The lowest BCUT2D eigenvalue weighted by molar-refractivity contribution is -0.143. The average Bonchev–Trinajstić information content (AvgIpc) is 3.23. The van der Waals surface area contributed by atoms with Crippen LogP contribution < -0.4 is 15.5 Å². The molecule has 1 amide bonds. The number of amides is 1. The van der Waals surface area contributed by atoms with Gasteiger partial charge >= 0.3 is 0 Å². The first-order chi connectivity index (χ1) is 20.3. The minimum atomic E-state index is 0.0786. The standard InChI is InChI=1S/C34H48N6O2/c1-23-30-21-27(34(30,2)3)22-31(23)38-16-18-40(19-17-38)37-33(35-4)36-28-9-6-25(7-10-28)32(41)39-14-12-24-8-11-29(42-5)20-26(24)13-15-39/h6-11,20,23,27,30-31H,12-19,21-22H2,1-5H3,(H2,35,36,37). The molecule has 8 heteroatoms. The summed E-state index contributed by atoms with van der Waals surface area (Å²) in [6.45, 7) is 13.0. The van der Waals surface area contributed by atoms with Crippen LogP contribution in [-0.2, 0) is 12.8 Å². The van der Waals surface area contributed by atoms with E-state index in [0.29, 0.717) is 17.5 Å². The van der Waals surface area contributed by atoms with Crippen molar-refractivity contribution in [3.63, 3.8) is 0 Å². The molecule has 3 aliphatic carbocycles. The van der Waals surface area contributed by atoms with Crippen LogP contribution in [0.5, 0.6) is 5.75 Å². The zero-order chi connectivity index (χ0) is 29.4. The number of guanidine groups is 1. The number of hydrazine groups is 1. The van der Waals surface area contributed by atoms with Crippen LogP contribution in [0.2, 0.25) is 0 Å². The van der Waals surface area contributed by atoms with Gasteiger partial charge in [0.25, 0.3) is 5.91 Å². The number of aliphatic imine (C=N–C) groups is 1. The molecule has 7 rings (SSSR count). The normalized spacial score (nSPS) is 27.8. The molecular formula is C34H48N6O2. The summed E-state index contributed by atoms with van der Waals surface area (Å²) in [7, 11) is 3.49. The Kier molecular flexibility index (Phi) is 8.20. The van der Waals surface area contributed by atoms with Crippen molar-refractivity contribution in [3.8, 4) is 5.75 Å². The van der Waals surface area contributed by atoms with Gasteiger partial charge in [0.2, 0.25) is 5.96 Å². The van der Waals surface area contributed by atoms with Crippen molar-refractivity contribution in [3.05, 3.63) is 59.2 Å². The van der Waals surface area contributed by atoms with Crippen molar-refractivity contribution < 1.29 is 9.53 Å². The van der Waals surface area contributed by atoms with Gasteiger partial charge < -0.3 is 15.0 Å². The quantitative estimate of drug-likeness (QED) is 0.405. The third kappa shape index (κ3) is 5.63. The maximum absolute atomic E-state index is 13.3. The van der Waals surface area contributed by atoms with Crippen LogP contribution in [0, 0.1) is 23.2 Å². The number of benzene rings is 2. The van der Waals surface area contributed by atoms with Crippen molar-refractivity contribution in [2.24, 2.45) is 28.2 Å². The number of nitrogens with zero attached hydrogens (tertiary/aromatic N) is 4. The van der Waals surface area contributed by atoms with Gasteiger partial charge in [-0.3, -0.25) is 20.1 Å². The number of methoxy groups -OCH3 is 1. The first-order valence-electron chi connectivity index (χ1n) is 15.8. The van der Waals surface area contributed by atoms with Crippen LogP contribution in [0.3, 0.4) is 0 Å². The summed E-state index contributed by atoms with van der Waals surface area (Å²) in [4.78, 5) is 22.5. The molecule has 2 aromatic rings. The van der Waals surface area contributed by atoms with Gasteiger partial charge in [-0.15, -0.1) is 0 Å². The number of carbonyl (C=O) groups excluding carboxylic acids is 1. The van der Waals surface area contributed by atoms with E-state index >= 15 is 0 Å². The van der Waals surface area contributed by atoms with Gasteiger partial charge in [-0.25, -0.2) is 5.01 Å². The fraction of sp³-hybridized carbons (Fsp3) is 0.588. The molecule has 4 unspecified atom stereocenters. The molecule has 0 aromatic heterocycles. The lowest BCUT2D eigenvalue weighted by Crippen LogP contribution is -2.64. The van der Waals surface area contributed by atoms with Gasteiger partial charge in [0.05, 0.1) is 7.11 Å². The number of rotatable bonds is 5. The predicted molar refractivity (Wildman–Crippen MR) is 169 cm³/mol. The summed E-state index contributed by atoms with van der Waals surface area (Å²) < 4.78 is 5.39. The molecule has 8 nitrogen and oxygen atoms in total. The molecule has 4 fully saturated rings. The van der Waals surface area contributed by atoms with Crippen molar-refractivity contribution >= 4 is 17.6 Å². The Labute approximate surface area is 251 Å². The fourth-order valence-corrected chi connectivity index (χ4v) is 8.10. The summed E-state index contributed by atoms with van der Waals surface area (Å²) in [6.07, 6.45) is 4.50. The Morgan fingerprint density at radius 1 is 0.952 bits per heavy atom. The summed E-state index contributed by atoms with van der Waals surface area (Å²) in [5, 5.41) is 5.68. The topological polar surface area (TPSA) is 72.4 Å². The van der Waals surface area contributed by atoms with Crippen molar-refractivity contribution in [2.45, 2.75) is 52.5 Å². The second-order valence-electron chi connectivity index (χ2n) is 13.4. The lowest BCUT2D eigenvalue weighted by atomic mass is 9.44. The molecule has 226 valence electrons. The van der Waals surface area contributed by atoms with E-state index in [2.05, 4.69) is 58.5 Å². The summed E-state index contributed by atoms with van der Waals surface area (Å²) in [5.41, 5.74) is 8.22. The highest BCUT2D eigenvalue weighted by molar-refractivity contribution is 5.96. The molecule has 2 bridgehead atoms. The molecule has 42 heavy (non-hydrogen) atoms. The molecule has 2 heterocycles. The van der Waals surface area contributed by atoms with Crippen LogP contribution in [-0.4, -0.2) is 86.1 Å². The molecule has 0 radical (unpaired) electrons. The fourth-order valence-electron chi connectivity index (χ4n) is 8.10. The first kappa shape index (κ1) is 29.0. The number of piperazine rings is 1. The molecule has 0 spiro atoms. The number of ether oxygens (including phenoxy) is 1. The minimum absolute atomic E-state index is 0.0786. The average molecular weight is 573 g/mol. The molecule has 2 aromatic carbocycles. The molecule has 1 saturated heterocycles. The zero-order valence-electron chi connectivity index (χ0n) is 26.0. The summed E-state index contributed by atoms with van der Waals surface area (Å²) in [5.74, 6) is 4.24. The predicted octanol–water partition coefficient (Wildman–Crippen LogP) is 4.53. The molecular weight excluding hydrogens is 524 g/mol. The Hall–Kier alpha value is -3.10. The monoisotopic (exact) mass is 572 g/mol. The number of hydrogen-bond acceptors (Lipinski definition) is 5. The van der Waals surface area contributed by atoms with Gasteiger partial charge in [0.15, 0.2) is 0 Å². The highest BCUT2D eigenvalue weighted by Crippen LogP contribution is 2.62. The third-order valence-corrected chi connectivity index (χ3v) is 11.0. The molecule has 2 N–H and O–H groups in total. The van der Waals surface area contributed by atoms with E-state index in [9.17, 15) is 4.79 Å². The minimum Gasteiger partial charge on any atom is -0.497 e. The Balaban J connectivity index is 0.983. The van der Waals surface area contributed by atoms with Gasteiger partial charge in [0, 0.05) is 63.6 Å². The third-order valence-electron chi connectivity index (χ3n) is 11.0. The Morgan fingerprint density at radius 3 is 2.31 bits per heavy atom. The van der Waals surface area contributed by atoms with Gasteiger partial charge in [-0.05, 0) is 96.4 Å². The molecule has 5 aliphatic rings. The van der Waals surface area contributed by atoms with Crippen LogP contribution >= 0.6 is 0 Å². The Bertz CT molecular complexity index is 1300. The first-order valence-corrected chi connectivity index (χ1v) is 15.8. The maximum atomic E-state index is 13.3. The van der Waals surface area contributed by atoms with E-state index in [0.717, 1.165) is 86.8 Å². The van der Waals surface area contributed by atoms with E-state index in [1.165, 1.54) is 24.0 Å². The van der Waals surface area contributed by atoms with E-state index in [1.807, 2.05) is 35.2 Å². The van der Waals surface area contributed by atoms with Crippen molar-refractivity contribution in [2.75, 3.05) is 58.7 Å². The highest BCUT2D eigenvalue weighted by Gasteiger charge is 2.57. The molecule has 3 saturated carbocycles. The largest absolute Gasteiger partial charge is 0.497 e. The van der Waals surface area contributed by atoms with E-state index in [-0.39, 0.29) is 5.91 Å². The number of carbonyl (C=O) groups is 1. The molecule has 4 atom stereocenters.